The maximum atomic E-state index is 11.0. The molecule has 0 N–H and O–H groups in total. The average Bonchev–Trinajstić information content (AvgIpc) is 0.911. The predicted octanol–water partition coefficient (Wildman–Crippen LogP) is 33.2. The molecule has 5 heterocycles. The number of nitrogens with zero attached hydrogens (tertiary/aromatic N) is 6. The van der Waals surface area contributed by atoms with E-state index in [1.54, 1.807) is 24.3 Å². The zero-order valence-electron chi connectivity index (χ0n) is 98.4. The van der Waals surface area contributed by atoms with Crippen LogP contribution in [0.15, 0.2) is 400 Å². The van der Waals surface area contributed by atoms with Gasteiger partial charge in [0.05, 0.1) is 45.4 Å². The molecule has 0 atom stereocenters. The molecule has 6 nitrogen and oxygen atoms in total. The van der Waals surface area contributed by atoms with Crippen molar-refractivity contribution < 1.29 is 23.3 Å². The number of hydrogen-bond donors (Lipinski definition) is 0. The van der Waals surface area contributed by atoms with Crippen molar-refractivity contribution in [1.29, 1.82) is 0 Å². The zero-order valence-corrected chi connectivity index (χ0v) is 81.4. The van der Waals surface area contributed by atoms with Crippen LogP contribution >= 0.6 is 0 Å². The highest BCUT2D eigenvalue weighted by Gasteiger charge is 2.45. The first kappa shape index (κ1) is 70.5. The van der Waals surface area contributed by atoms with Gasteiger partial charge in [0.15, 0.2) is 0 Å². The molecule has 0 radical (unpaired) electrons. The summed E-state index contributed by atoms with van der Waals surface area (Å²) in [4.78, 5) is 6.63. The minimum Gasteiger partial charge on any atom is -0.341 e. The topological polar surface area (TPSA) is 24.5 Å². The maximum Gasteiger partial charge on any atom is 0.252 e. The van der Waals surface area contributed by atoms with E-state index >= 15 is 0 Å². The van der Waals surface area contributed by atoms with E-state index in [4.69, 9.17) is 6.85 Å². The van der Waals surface area contributed by atoms with Crippen molar-refractivity contribution in [3.63, 3.8) is 0 Å². The van der Waals surface area contributed by atoms with Crippen LogP contribution in [0, 0.1) is 0 Å². The Hall–Kier alpha value is -15.2. The second-order valence-electron chi connectivity index (χ2n) is 42.8. The number of para-hydroxylation sites is 2. The smallest absolute Gasteiger partial charge is 0.252 e. The van der Waals surface area contributed by atoms with E-state index in [9.17, 15) is 16.4 Å². The number of benzene rings is 18. The fraction of sp³-hybridized carbons (Fsp3) is 0.182. The zero-order chi connectivity index (χ0) is 110. The van der Waals surface area contributed by atoms with Gasteiger partial charge in [-0.15, -0.1) is 0 Å². The normalized spacial score (nSPS) is 14.6. The van der Waals surface area contributed by atoms with E-state index in [1.165, 1.54) is 15.7 Å². The molecular formula is C132H119BN6. The molecule has 0 unspecified atom stereocenters. The molecule has 680 valence electrons. The van der Waals surface area contributed by atoms with Crippen LogP contribution in [0.3, 0.4) is 0 Å². The third-order valence-electron chi connectivity index (χ3n) is 28.7. The van der Waals surface area contributed by atoms with E-state index in [2.05, 4.69) is 331 Å². The average molecular weight is 1820 g/mol. The van der Waals surface area contributed by atoms with Crippen molar-refractivity contribution in [1.82, 2.24) is 13.7 Å². The fourth-order valence-corrected chi connectivity index (χ4v) is 21.1. The minimum atomic E-state index is -0.622. The molecule has 0 bridgehead atoms. The largest absolute Gasteiger partial charge is 0.341 e. The molecule has 21 aromatic rings. The van der Waals surface area contributed by atoms with Crippen LogP contribution in [-0.2, 0) is 46.6 Å². The van der Waals surface area contributed by atoms with Gasteiger partial charge in [0.2, 0.25) is 0 Å². The molecule has 23 rings (SSSR count). The maximum absolute atomic E-state index is 11.0. The van der Waals surface area contributed by atoms with Gasteiger partial charge in [-0.1, -0.05) is 352 Å². The number of aromatic nitrogens is 3. The quantitative estimate of drug-likeness (QED) is 0.0850. The summed E-state index contributed by atoms with van der Waals surface area (Å²) in [5.41, 5.74) is 25.9. The Kier molecular flexibility index (Phi) is 17.2. The molecular weight excluding hydrogens is 1680 g/mol. The van der Waals surface area contributed by atoms with E-state index in [0.717, 1.165) is 150 Å². The van der Waals surface area contributed by atoms with E-state index < -0.39 is 73.2 Å². The van der Waals surface area contributed by atoms with Crippen molar-refractivity contribution in [2.24, 2.45) is 0 Å². The summed E-state index contributed by atoms with van der Waals surface area (Å²) in [7, 11) is 0. The first-order chi connectivity index (χ1) is 74.1. The highest BCUT2D eigenvalue weighted by molar-refractivity contribution is 7.00. The summed E-state index contributed by atoms with van der Waals surface area (Å²) in [6.45, 7) is 33.3. The highest BCUT2D eigenvalue weighted by atomic mass is 15.2. The Bertz CT molecular complexity index is 9100. The van der Waals surface area contributed by atoms with Crippen LogP contribution < -0.4 is 31.1 Å². The van der Waals surface area contributed by atoms with Crippen molar-refractivity contribution in [2.75, 3.05) is 21.2 Å². The Labute approximate surface area is 843 Å². The summed E-state index contributed by atoms with van der Waals surface area (Å²) >= 11 is 0. The Morgan fingerprint density at radius 2 is 0.712 bits per heavy atom. The molecule has 2 aliphatic heterocycles. The van der Waals surface area contributed by atoms with Crippen molar-refractivity contribution in [2.45, 2.75) is 150 Å². The molecule has 2 aliphatic rings. The van der Waals surface area contributed by atoms with Crippen LogP contribution in [0.2, 0.25) is 0 Å². The van der Waals surface area contributed by atoms with Gasteiger partial charge < -0.3 is 28.4 Å². The standard InChI is InChI=1S/C132H119BN6/c1-128(2,3)96-51-65-117-110(78-96)111-79-97(129(4,5)6)52-66-118(111)135(117)84-87-49-63-115-123(73-87)136(85-114-108(91-41-27-19-28-42-91)82-100(132(13,14)15)83-109(114)92-43-29-20-30-44-92)125-71-86(72-126-127(125)133(115)116-64-50-93(88-35-21-16-22-36-88)77-124(116)139(126)105-75-94(89-37-23-17-24-38-89)74-95(76-105)90-39-25-18-26-40-90)69-70-134(101-55-59-103(60-56-101)137-119-47-33-31-45-106(119)107-46-32-34-48-120(107)137)102-57-61-104(62-58-102)138-121-67-53-98(130(7,8)9)80-112(121)113-81-99(131(10,11)12)54-68-122(113)138/h16-68,71-83H,69-70,84-85H2,1-15H3/i16D,21D,22D,31D,32D,33D,34D,35D,36D,45D,46D,47D,48D,57D,58D,61D,62D. The van der Waals surface area contributed by atoms with Gasteiger partial charge in [0.25, 0.3) is 6.71 Å². The van der Waals surface area contributed by atoms with Gasteiger partial charge in [0, 0.05) is 114 Å². The van der Waals surface area contributed by atoms with Crippen molar-refractivity contribution in [3.05, 3.63) is 444 Å². The highest BCUT2D eigenvalue weighted by Crippen LogP contribution is 2.51. The molecule has 7 heteroatoms. The third kappa shape index (κ3) is 15.9. The summed E-state index contributed by atoms with van der Waals surface area (Å²) in [6.07, 6.45) is 0.0854. The van der Waals surface area contributed by atoms with Crippen LogP contribution in [0.5, 0.6) is 0 Å². The second kappa shape index (κ2) is 33.9. The molecule has 0 fully saturated rings. The van der Waals surface area contributed by atoms with Crippen molar-refractivity contribution >= 4 is 128 Å². The van der Waals surface area contributed by atoms with Gasteiger partial charge in [-0.05, 0) is 302 Å². The summed E-state index contributed by atoms with van der Waals surface area (Å²) in [5.74, 6) is 0. The number of hydrogen-bond acceptors (Lipinski definition) is 3. The van der Waals surface area contributed by atoms with Gasteiger partial charge in [-0.25, -0.2) is 0 Å². The van der Waals surface area contributed by atoms with Crippen LogP contribution in [0.25, 0.3) is 132 Å². The number of rotatable bonds is 17. The minimum absolute atomic E-state index is 0.0210. The van der Waals surface area contributed by atoms with Crippen LogP contribution in [0.4, 0.5) is 39.8 Å². The van der Waals surface area contributed by atoms with Gasteiger partial charge in [0.1, 0.15) is 0 Å². The van der Waals surface area contributed by atoms with Gasteiger partial charge in [-0.3, -0.25) is 0 Å². The molecule has 139 heavy (non-hydrogen) atoms. The molecule has 0 aliphatic carbocycles. The summed E-state index contributed by atoms with van der Waals surface area (Å²) in [6, 6.07) is 96.1. The van der Waals surface area contributed by atoms with E-state index in [0.29, 0.717) is 34.5 Å². The van der Waals surface area contributed by atoms with Crippen LogP contribution in [0.1, 0.15) is 172 Å². The Balaban J connectivity index is 0.823. The van der Waals surface area contributed by atoms with E-state index in [-0.39, 0.29) is 127 Å². The summed E-state index contributed by atoms with van der Waals surface area (Å²) < 4.78 is 171. The van der Waals surface area contributed by atoms with Crippen molar-refractivity contribution in [3.8, 4) is 67.0 Å². The van der Waals surface area contributed by atoms with Gasteiger partial charge >= 0.3 is 0 Å². The number of anilines is 7. The predicted molar refractivity (Wildman–Crippen MR) is 596 cm³/mol. The lowest BCUT2D eigenvalue weighted by Crippen LogP contribution is -2.62. The lowest BCUT2D eigenvalue weighted by molar-refractivity contribution is 0.590. The first-order valence-corrected chi connectivity index (χ1v) is 48.4. The van der Waals surface area contributed by atoms with Gasteiger partial charge in [-0.2, -0.15) is 0 Å². The third-order valence-corrected chi connectivity index (χ3v) is 28.7. The fourth-order valence-electron chi connectivity index (χ4n) is 21.1. The molecule has 18 aromatic carbocycles. The monoisotopic (exact) mass is 1820 g/mol. The Morgan fingerprint density at radius 1 is 0.273 bits per heavy atom. The molecule has 0 saturated carbocycles. The molecule has 0 amide bonds. The second-order valence-corrected chi connectivity index (χ2v) is 42.8. The SMILES string of the molecule is [2H]c1c([2H])c([2H])c(-c2ccc3c(c2)N(c2cc(-c4ccccc4)cc(-c4ccccc4)c2)c2cc(CCN(c4ccc(-n5c6c([2H])c([2H])c([2H])c([2H])c6c6c([2H])c([2H])c([2H])c([2H])c65)cc4)c4c([2H])c([2H])c(-n5c6ccc(C(C)(C)C)cc6c6cc(C(C)(C)C)ccc65)c([2H])c4[2H])cc4c2B3c2ccc(Cn3c5ccc(C(C)(C)C)cc5c5cc(C(C)(C)C)ccc53)cc2N4Cc2c(-c3ccccc3)cc(C(C)(C)C)cc2-c2ccccc2)c([2H])c1[2H]. The summed E-state index contributed by atoms with van der Waals surface area (Å²) in [5, 5.41) is 3.87. The van der Waals surface area contributed by atoms with Crippen LogP contribution in [-0.4, -0.2) is 27.0 Å². The number of fused-ring (bicyclic) bond motifs is 13. The first-order valence-electron chi connectivity index (χ1n) is 56.9. The Morgan fingerprint density at radius 3 is 1.22 bits per heavy atom. The molecule has 0 saturated heterocycles. The lowest BCUT2D eigenvalue weighted by atomic mass is 9.33. The van der Waals surface area contributed by atoms with E-state index in [1.807, 2.05) is 70.1 Å². The molecule has 0 spiro atoms. The lowest BCUT2D eigenvalue weighted by Gasteiger charge is -2.45. The molecule has 3 aromatic heterocycles.